The monoisotopic (exact) mass is 353 g/mol. The minimum absolute atomic E-state index is 0.390. The predicted molar refractivity (Wildman–Crippen MR) is 101 cm³/mol. The second-order valence-electron chi connectivity index (χ2n) is 6.09. The lowest BCUT2D eigenvalue weighted by molar-refractivity contribution is -0.148. The van der Waals surface area contributed by atoms with Gasteiger partial charge in [0.05, 0.1) is 0 Å². The first-order chi connectivity index (χ1) is 12.4. The van der Waals surface area contributed by atoms with E-state index in [0.29, 0.717) is 18.0 Å². The zero-order valence-corrected chi connectivity index (χ0v) is 15.2. The van der Waals surface area contributed by atoms with Crippen molar-refractivity contribution in [1.82, 2.24) is 0 Å². The van der Waals surface area contributed by atoms with Crippen molar-refractivity contribution in [3.8, 4) is 5.75 Å². The Balaban J connectivity index is 1.85. The van der Waals surface area contributed by atoms with Gasteiger partial charge in [-0.3, -0.25) is 4.79 Å². The lowest BCUT2D eigenvalue weighted by atomic mass is 10.2. The van der Waals surface area contributed by atoms with Crippen LogP contribution in [0.3, 0.4) is 0 Å². The molecule has 2 rings (SSSR count). The van der Waals surface area contributed by atoms with Gasteiger partial charge in [0.25, 0.3) is 5.91 Å². The highest BCUT2D eigenvalue weighted by atomic mass is 16.5. The largest absolute Gasteiger partial charge is 0.489 e. The summed E-state index contributed by atoms with van der Waals surface area (Å²) in [5.41, 5.74) is 2.50. The fraction of sp³-hybridized carbons (Fsp3) is 0.238. The Kier molecular flexibility index (Phi) is 6.97. The zero-order chi connectivity index (χ0) is 18.9. The van der Waals surface area contributed by atoms with E-state index in [1.54, 1.807) is 38.1 Å². The van der Waals surface area contributed by atoms with Crippen molar-refractivity contribution in [3.63, 3.8) is 0 Å². The maximum atomic E-state index is 12.1. The van der Waals surface area contributed by atoms with Crippen molar-refractivity contribution in [3.05, 3.63) is 71.8 Å². The Labute approximate surface area is 153 Å². The SMILES string of the molecule is CC(C)=CC(=O)O[C@H](C)C(=O)Nc1ccc(OCc2ccccc2)cc1. The van der Waals surface area contributed by atoms with Crippen LogP contribution in [0.2, 0.25) is 0 Å². The number of rotatable bonds is 7. The van der Waals surface area contributed by atoms with E-state index in [9.17, 15) is 9.59 Å². The second-order valence-corrected chi connectivity index (χ2v) is 6.09. The molecule has 0 spiro atoms. The molecule has 1 amide bonds. The first kappa shape index (κ1) is 19.2. The molecule has 0 aliphatic carbocycles. The van der Waals surface area contributed by atoms with Gasteiger partial charge in [-0.1, -0.05) is 35.9 Å². The van der Waals surface area contributed by atoms with Crippen molar-refractivity contribution in [2.24, 2.45) is 0 Å². The van der Waals surface area contributed by atoms with Crippen molar-refractivity contribution in [2.75, 3.05) is 5.32 Å². The number of esters is 1. The molecule has 0 aromatic heterocycles. The third-order valence-corrected chi connectivity index (χ3v) is 3.44. The number of ether oxygens (including phenoxy) is 2. The van der Waals surface area contributed by atoms with Crippen molar-refractivity contribution < 1.29 is 19.1 Å². The average Bonchev–Trinajstić information content (AvgIpc) is 2.61. The topological polar surface area (TPSA) is 64.6 Å². The maximum absolute atomic E-state index is 12.1. The lowest BCUT2D eigenvalue weighted by Crippen LogP contribution is -2.29. The normalized spacial score (nSPS) is 11.2. The van der Waals surface area contributed by atoms with Gasteiger partial charge in [-0.15, -0.1) is 0 Å². The van der Waals surface area contributed by atoms with E-state index >= 15 is 0 Å². The second kappa shape index (κ2) is 9.42. The number of allylic oxidation sites excluding steroid dienone is 1. The highest BCUT2D eigenvalue weighted by molar-refractivity contribution is 5.96. The van der Waals surface area contributed by atoms with Crippen molar-refractivity contribution >= 4 is 17.6 Å². The summed E-state index contributed by atoms with van der Waals surface area (Å²) in [5.74, 6) is -0.217. The molecule has 0 aliphatic rings. The molecular formula is C21H23NO4. The zero-order valence-electron chi connectivity index (χ0n) is 15.2. The van der Waals surface area contributed by atoms with E-state index in [4.69, 9.17) is 9.47 Å². The summed E-state index contributed by atoms with van der Waals surface area (Å²) < 4.78 is 10.8. The molecule has 0 saturated heterocycles. The van der Waals surface area contributed by atoms with E-state index in [1.807, 2.05) is 30.3 Å². The Morgan fingerprint density at radius 2 is 1.69 bits per heavy atom. The molecule has 0 bridgehead atoms. The summed E-state index contributed by atoms with van der Waals surface area (Å²) >= 11 is 0. The van der Waals surface area contributed by atoms with Gasteiger partial charge in [0.2, 0.25) is 0 Å². The van der Waals surface area contributed by atoms with Crippen LogP contribution in [0.1, 0.15) is 26.3 Å². The van der Waals surface area contributed by atoms with Gasteiger partial charge >= 0.3 is 5.97 Å². The van der Waals surface area contributed by atoms with Gasteiger partial charge in [-0.25, -0.2) is 4.79 Å². The average molecular weight is 353 g/mol. The Morgan fingerprint density at radius 3 is 2.31 bits per heavy atom. The molecule has 1 N–H and O–H groups in total. The number of carbonyl (C=O) groups excluding carboxylic acids is 2. The third-order valence-electron chi connectivity index (χ3n) is 3.44. The minimum atomic E-state index is -0.882. The molecule has 2 aromatic rings. The van der Waals surface area contributed by atoms with Gasteiger partial charge in [0.1, 0.15) is 12.4 Å². The molecule has 2 aromatic carbocycles. The molecule has 0 radical (unpaired) electrons. The van der Waals surface area contributed by atoms with Gasteiger partial charge in [0.15, 0.2) is 6.10 Å². The van der Waals surface area contributed by atoms with E-state index in [2.05, 4.69) is 5.32 Å². The summed E-state index contributed by atoms with van der Waals surface area (Å²) in [6.07, 6.45) is 0.468. The molecule has 136 valence electrons. The van der Waals surface area contributed by atoms with Gasteiger partial charge in [-0.05, 0) is 50.6 Å². The number of hydrogen-bond acceptors (Lipinski definition) is 4. The Morgan fingerprint density at radius 1 is 1.04 bits per heavy atom. The van der Waals surface area contributed by atoms with Crippen LogP contribution in [0.4, 0.5) is 5.69 Å². The van der Waals surface area contributed by atoms with Gasteiger partial charge in [-0.2, -0.15) is 0 Å². The van der Waals surface area contributed by atoms with E-state index in [1.165, 1.54) is 13.0 Å². The van der Waals surface area contributed by atoms with Crippen LogP contribution in [-0.2, 0) is 20.9 Å². The molecule has 0 unspecified atom stereocenters. The summed E-state index contributed by atoms with van der Waals surface area (Å²) in [7, 11) is 0. The highest BCUT2D eigenvalue weighted by Crippen LogP contribution is 2.17. The first-order valence-electron chi connectivity index (χ1n) is 8.37. The number of amides is 1. The van der Waals surface area contributed by atoms with Crippen molar-refractivity contribution in [2.45, 2.75) is 33.5 Å². The number of hydrogen-bond donors (Lipinski definition) is 1. The molecule has 5 nitrogen and oxygen atoms in total. The fourth-order valence-corrected chi connectivity index (χ4v) is 2.12. The minimum Gasteiger partial charge on any atom is -0.489 e. The van der Waals surface area contributed by atoms with Crippen LogP contribution >= 0.6 is 0 Å². The summed E-state index contributed by atoms with van der Waals surface area (Å²) in [6.45, 7) is 5.58. The third kappa shape index (κ3) is 6.43. The summed E-state index contributed by atoms with van der Waals surface area (Å²) in [5, 5.41) is 2.71. The van der Waals surface area contributed by atoms with Crippen molar-refractivity contribution in [1.29, 1.82) is 0 Å². The van der Waals surface area contributed by atoms with Crippen LogP contribution in [-0.4, -0.2) is 18.0 Å². The van der Waals surface area contributed by atoms with Crippen LogP contribution in [0.25, 0.3) is 0 Å². The van der Waals surface area contributed by atoms with E-state index < -0.39 is 18.0 Å². The van der Waals surface area contributed by atoms with E-state index in [0.717, 1.165) is 11.1 Å². The predicted octanol–water partition coefficient (Wildman–Crippen LogP) is 4.10. The number of nitrogens with one attached hydrogen (secondary N) is 1. The van der Waals surface area contributed by atoms with Crippen LogP contribution in [0, 0.1) is 0 Å². The highest BCUT2D eigenvalue weighted by Gasteiger charge is 2.16. The molecule has 5 heteroatoms. The number of carbonyl (C=O) groups is 2. The molecule has 0 aliphatic heterocycles. The Hall–Kier alpha value is -3.08. The number of anilines is 1. The van der Waals surface area contributed by atoms with Gasteiger partial charge < -0.3 is 14.8 Å². The molecule has 26 heavy (non-hydrogen) atoms. The molecular weight excluding hydrogens is 330 g/mol. The quantitative estimate of drug-likeness (QED) is 0.601. The Bertz CT molecular complexity index is 762. The lowest BCUT2D eigenvalue weighted by Gasteiger charge is -2.13. The fourth-order valence-electron chi connectivity index (χ4n) is 2.12. The van der Waals surface area contributed by atoms with Crippen LogP contribution < -0.4 is 10.1 Å². The first-order valence-corrected chi connectivity index (χ1v) is 8.37. The summed E-state index contributed by atoms with van der Waals surface area (Å²) in [4.78, 5) is 23.6. The summed E-state index contributed by atoms with van der Waals surface area (Å²) in [6, 6.07) is 16.9. The molecule has 0 fully saturated rings. The maximum Gasteiger partial charge on any atom is 0.331 e. The standard InChI is InChI=1S/C21H23NO4/c1-15(2)13-20(23)26-16(3)21(24)22-18-9-11-19(12-10-18)25-14-17-7-5-4-6-8-17/h4-13,16H,14H2,1-3H3,(H,22,24)/t16-/m1/s1. The van der Waals surface area contributed by atoms with Crippen LogP contribution in [0.15, 0.2) is 66.2 Å². The van der Waals surface area contributed by atoms with Crippen LogP contribution in [0.5, 0.6) is 5.75 Å². The van der Waals surface area contributed by atoms with Gasteiger partial charge in [0, 0.05) is 11.8 Å². The number of benzene rings is 2. The molecule has 0 heterocycles. The van der Waals surface area contributed by atoms with E-state index in [-0.39, 0.29) is 0 Å². The molecule has 0 saturated carbocycles. The smallest absolute Gasteiger partial charge is 0.331 e. The molecule has 1 atom stereocenters.